The Hall–Kier alpha value is -2.57. The van der Waals surface area contributed by atoms with Crippen LogP contribution in [0.3, 0.4) is 0 Å². The molecule has 0 aromatic carbocycles. The fourth-order valence-electron chi connectivity index (χ4n) is 3.20. The maximum atomic E-state index is 6.24. The molecule has 0 saturated heterocycles. The summed E-state index contributed by atoms with van der Waals surface area (Å²) in [5.74, 6) is 1.68. The highest BCUT2D eigenvalue weighted by Gasteiger charge is 2.26. The van der Waals surface area contributed by atoms with E-state index in [4.69, 9.17) is 5.73 Å². The van der Waals surface area contributed by atoms with Gasteiger partial charge in [0.15, 0.2) is 5.82 Å². The highest BCUT2D eigenvalue weighted by Crippen LogP contribution is 2.40. The van der Waals surface area contributed by atoms with Crippen molar-refractivity contribution in [3.8, 4) is 11.3 Å². The van der Waals surface area contributed by atoms with Crippen LogP contribution in [0.2, 0.25) is 0 Å². The molecule has 3 heterocycles. The topological polar surface area (TPSA) is 96.9 Å². The largest absolute Gasteiger partial charge is 0.382 e. The Morgan fingerprint density at radius 1 is 1.44 bits per heavy atom. The molecule has 1 atom stereocenters. The smallest absolute Gasteiger partial charge is 0.243 e. The number of hydrogen-bond acceptors (Lipinski definition) is 5. The van der Waals surface area contributed by atoms with E-state index in [1.807, 2.05) is 12.3 Å². The predicted molar refractivity (Wildman–Crippen MR) is 99.6 cm³/mol. The van der Waals surface area contributed by atoms with Gasteiger partial charge in [0.25, 0.3) is 0 Å². The van der Waals surface area contributed by atoms with Crippen molar-refractivity contribution in [3.63, 3.8) is 0 Å². The van der Waals surface area contributed by atoms with Gasteiger partial charge in [-0.25, -0.2) is 4.52 Å². The van der Waals surface area contributed by atoms with Crippen molar-refractivity contribution in [2.75, 3.05) is 11.1 Å². The zero-order valence-electron chi connectivity index (χ0n) is 14.8. The van der Waals surface area contributed by atoms with Gasteiger partial charge in [0.05, 0.1) is 5.69 Å². The molecule has 0 bridgehead atoms. The number of rotatable bonds is 7. The lowest BCUT2D eigenvalue weighted by atomic mass is 10.1. The lowest BCUT2D eigenvalue weighted by molar-refractivity contribution is 0.638. The van der Waals surface area contributed by atoms with E-state index in [1.165, 1.54) is 31.4 Å². The maximum Gasteiger partial charge on any atom is 0.243 e. The van der Waals surface area contributed by atoms with E-state index in [1.54, 1.807) is 4.52 Å². The van der Waals surface area contributed by atoms with Gasteiger partial charge < -0.3 is 11.1 Å². The van der Waals surface area contributed by atoms with Crippen molar-refractivity contribution in [3.05, 3.63) is 24.0 Å². The molecule has 3 aromatic rings. The highest BCUT2D eigenvalue weighted by molar-refractivity contribution is 5.86. The van der Waals surface area contributed by atoms with Gasteiger partial charge in [-0.3, -0.25) is 5.10 Å². The number of nitrogen functional groups attached to an aromatic ring is 1. The van der Waals surface area contributed by atoms with Crippen LogP contribution >= 0.6 is 0 Å². The molecule has 0 unspecified atom stereocenters. The van der Waals surface area contributed by atoms with Crippen molar-refractivity contribution >= 4 is 17.3 Å². The van der Waals surface area contributed by atoms with Gasteiger partial charge in [0.2, 0.25) is 5.95 Å². The summed E-state index contributed by atoms with van der Waals surface area (Å²) in [6, 6.07) is 4.43. The van der Waals surface area contributed by atoms with Crippen LogP contribution in [0.1, 0.15) is 57.6 Å². The van der Waals surface area contributed by atoms with Crippen molar-refractivity contribution in [1.29, 1.82) is 0 Å². The number of hydrogen-bond donors (Lipinski definition) is 3. The van der Waals surface area contributed by atoms with Crippen molar-refractivity contribution < 1.29 is 0 Å². The van der Waals surface area contributed by atoms with Crippen LogP contribution in [0, 0.1) is 0 Å². The van der Waals surface area contributed by atoms with Gasteiger partial charge in [0, 0.05) is 29.4 Å². The Labute approximate surface area is 147 Å². The average Bonchev–Trinajstić information content (AvgIpc) is 3.16. The van der Waals surface area contributed by atoms with Gasteiger partial charge in [-0.1, -0.05) is 19.8 Å². The van der Waals surface area contributed by atoms with Gasteiger partial charge in [-0.2, -0.15) is 10.1 Å². The molecule has 4 N–H and O–H groups in total. The van der Waals surface area contributed by atoms with E-state index in [2.05, 4.69) is 45.5 Å². The quantitative estimate of drug-likeness (QED) is 0.611. The Bertz CT molecular complexity index is 875. The molecule has 1 saturated carbocycles. The Morgan fingerprint density at radius 2 is 2.28 bits per heavy atom. The van der Waals surface area contributed by atoms with Crippen molar-refractivity contribution in [2.45, 2.75) is 57.9 Å². The number of nitrogens with zero attached hydrogens (tertiary/aromatic N) is 4. The summed E-state index contributed by atoms with van der Waals surface area (Å²) < 4.78 is 1.79. The molecule has 4 rings (SSSR count). The third kappa shape index (κ3) is 3.18. The van der Waals surface area contributed by atoms with E-state index in [0.29, 0.717) is 23.7 Å². The second-order valence-corrected chi connectivity index (χ2v) is 7.01. The summed E-state index contributed by atoms with van der Waals surface area (Å²) in [5, 5.41) is 15.5. The van der Waals surface area contributed by atoms with E-state index >= 15 is 0 Å². The molecular formula is C18H25N7. The summed E-state index contributed by atoms with van der Waals surface area (Å²) >= 11 is 0. The van der Waals surface area contributed by atoms with Crippen LogP contribution in [-0.2, 0) is 0 Å². The SMILES string of the molecule is CCCC[C@H](C)Nc1nc(N)c2c(-c3cc(C4CC4)[nH]n3)ccn2n1. The molecule has 0 amide bonds. The molecule has 0 aliphatic heterocycles. The molecule has 7 heteroatoms. The number of anilines is 2. The summed E-state index contributed by atoms with van der Waals surface area (Å²) in [7, 11) is 0. The minimum absolute atomic E-state index is 0.319. The number of aromatic amines is 1. The van der Waals surface area contributed by atoms with Crippen LogP contribution in [0.4, 0.5) is 11.8 Å². The number of nitrogens with two attached hydrogens (primary N) is 1. The van der Waals surface area contributed by atoms with Crippen LogP contribution in [-0.4, -0.2) is 30.8 Å². The molecule has 3 aromatic heterocycles. The van der Waals surface area contributed by atoms with Crippen LogP contribution < -0.4 is 11.1 Å². The summed E-state index contributed by atoms with van der Waals surface area (Å²) in [6.07, 6.45) is 7.86. The first kappa shape index (κ1) is 15.9. The molecule has 1 aliphatic carbocycles. The molecule has 1 aliphatic rings. The van der Waals surface area contributed by atoms with Crippen molar-refractivity contribution in [2.24, 2.45) is 0 Å². The number of unbranched alkanes of at least 4 members (excludes halogenated alkanes) is 1. The first-order valence-corrected chi connectivity index (χ1v) is 9.12. The average molecular weight is 339 g/mol. The fourth-order valence-corrected chi connectivity index (χ4v) is 3.20. The van der Waals surface area contributed by atoms with E-state index < -0.39 is 0 Å². The standard InChI is InChI=1S/C18H25N7/c1-3-4-5-11(2)20-18-21-17(19)16-13(8-9-25(16)24-18)15-10-14(22-23-15)12-6-7-12/h8-12H,3-7H2,1-2H3,(H,22,23)(H3,19,20,21,24)/t11-/m0/s1. The molecule has 25 heavy (non-hydrogen) atoms. The van der Waals surface area contributed by atoms with E-state index in [0.717, 1.165) is 23.2 Å². The van der Waals surface area contributed by atoms with E-state index in [9.17, 15) is 0 Å². The molecular weight excluding hydrogens is 314 g/mol. The fraction of sp³-hybridized carbons (Fsp3) is 0.500. The minimum Gasteiger partial charge on any atom is -0.382 e. The van der Waals surface area contributed by atoms with Crippen LogP contribution in [0.5, 0.6) is 0 Å². The lowest BCUT2D eigenvalue weighted by Crippen LogP contribution is -2.18. The number of fused-ring (bicyclic) bond motifs is 1. The van der Waals surface area contributed by atoms with Gasteiger partial charge in [-0.05, 0) is 38.3 Å². The zero-order valence-corrected chi connectivity index (χ0v) is 14.8. The molecule has 132 valence electrons. The Kier molecular flexibility index (Phi) is 4.07. The maximum absolute atomic E-state index is 6.24. The van der Waals surface area contributed by atoms with Gasteiger partial charge >= 0.3 is 0 Å². The highest BCUT2D eigenvalue weighted by atomic mass is 15.3. The first-order chi connectivity index (χ1) is 12.2. The monoisotopic (exact) mass is 339 g/mol. The van der Waals surface area contributed by atoms with Gasteiger partial charge in [0.1, 0.15) is 5.52 Å². The molecule has 0 spiro atoms. The van der Waals surface area contributed by atoms with Crippen LogP contribution in [0.15, 0.2) is 18.3 Å². The second kappa shape index (κ2) is 6.38. The summed E-state index contributed by atoms with van der Waals surface area (Å²) in [4.78, 5) is 4.46. The van der Waals surface area contributed by atoms with Crippen molar-refractivity contribution in [1.82, 2.24) is 24.8 Å². The first-order valence-electron chi connectivity index (χ1n) is 9.12. The predicted octanol–water partition coefficient (Wildman–Crippen LogP) is 3.57. The number of H-pyrrole nitrogens is 1. The third-order valence-corrected chi connectivity index (χ3v) is 4.80. The normalized spacial score (nSPS) is 15.6. The third-order valence-electron chi connectivity index (χ3n) is 4.80. The Morgan fingerprint density at radius 3 is 3.04 bits per heavy atom. The van der Waals surface area contributed by atoms with Gasteiger partial charge in [-0.15, -0.1) is 5.10 Å². The molecule has 0 radical (unpaired) electrons. The second-order valence-electron chi connectivity index (χ2n) is 7.01. The number of aromatic nitrogens is 5. The number of nitrogens with one attached hydrogen (secondary N) is 2. The van der Waals surface area contributed by atoms with Crippen LogP contribution in [0.25, 0.3) is 16.8 Å². The summed E-state index contributed by atoms with van der Waals surface area (Å²) in [6.45, 7) is 4.34. The Balaban J connectivity index is 1.62. The van der Waals surface area contributed by atoms with E-state index in [-0.39, 0.29) is 0 Å². The summed E-state index contributed by atoms with van der Waals surface area (Å²) in [5.41, 5.74) is 10.1. The minimum atomic E-state index is 0.319. The lowest BCUT2D eigenvalue weighted by Gasteiger charge is -2.13. The molecule has 1 fully saturated rings. The zero-order chi connectivity index (χ0) is 17.4. The molecule has 7 nitrogen and oxygen atoms in total.